The van der Waals surface area contributed by atoms with E-state index in [0.717, 1.165) is 29.7 Å². The summed E-state index contributed by atoms with van der Waals surface area (Å²) in [5, 5.41) is 20.1. The van der Waals surface area contributed by atoms with Gasteiger partial charge in [-0.25, -0.2) is 5.01 Å². The van der Waals surface area contributed by atoms with Crippen molar-refractivity contribution in [2.45, 2.75) is 0 Å². The minimum Gasteiger partial charge on any atom is -0.379 e. The van der Waals surface area contributed by atoms with Gasteiger partial charge >= 0.3 is 0 Å². The first kappa shape index (κ1) is 11.8. The smallest absolute Gasteiger partial charge is 0.188 e. The van der Waals surface area contributed by atoms with Crippen LogP contribution in [0.4, 0.5) is 5.69 Å². The summed E-state index contributed by atoms with van der Waals surface area (Å²) in [6, 6.07) is 9.73. The molecule has 1 saturated heterocycles. The van der Waals surface area contributed by atoms with Crippen molar-refractivity contribution in [2.24, 2.45) is 0 Å². The number of nitrogens with one attached hydrogen (secondary N) is 1. The summed E-state index contributed by atoms with van der Waals surface area (Å²) in [7, 11) is 0. The molecule has 3 rings (SSSR count). The van der Waals surface area contributed by atoms with Crippen molar-refractivity contribution >= 4 is 16.6 Å². The Morgan fingerprint density at radius 3 is 2.79 bits per heavy atom. The number of morpholine rings is 1. The topological polar surface area (TPSA) is 74.1 Å². The van der Waals surface area contributed by atoms with Gasteiger partial charge in [0.05, 0.1) is 24.4 Å². The molecule has 1 aromatic carbocycles. The average molecular weight is 255 g/mol. The van der Waals surface area contributed by atoms with Crippen LogP contribution in [0, 0.1) is 11.3 Å². The molecule has 0 bridgehead atoms. The number of benzene rings is 1. The molecule has 0 unspecified atom stereocenters. The van der Waals surface area contributed by atoms with Crippen LogP contribution in [0.3, 0.4) is 0 Å². The van der Waals surface area contributed by atoms with Crippen LogP contribution in [-0.2, 0) is 4.74 Å². The minimum absolute atomic E-state index is 0.310. The lowest BCUT2D eigenvalue weighted by Gasteiger charge is -2.28. The molecule has 0 radical (unpaired) electrons. The molecule has 0 saturated carbocycles. The summed E-state index contributed by atoms with van der Waals surface area (Å²) >= 11 is 0. The summed E-state index contributed by atoms with van der Waals surface area (Å²) in [5.41, 5.74) is 5.07. The molecule has 0 amide bonds. The lowest BCUT2D eigenvalue weighted by atomic mass is 10.2. The highest BCUT2D eigenvalue weighted by Crippen LogP contribution is 2.24. The second-order valence-electron chi connectivity index (χ2n) is 4.26. The SMILES string of the molecule is N#Cc1nnc2ccccc2c1NN1CCOCC1. The fourth-order valence-electron chi connectivity index (χ4n) is 2.08. The first-order chi connectivity index (χ1) is 9.38. The van der Waals surface area contributed by atoms with E-state index in [-0.39, 0.29) is 0 Å². The fourth-order valence-corrected chi connectivity index (χ4v) is 2.08. The van der Waals surface area contributed by atoms with Crippen LogP contribution < -0.4 is 5.43 Å². The van der Waals surface area contributed by atoms with Crippen molar-refractivity contribution in [1.82, 2.24) is 15.2 Å². The normalized spacial score (nSPS) is 16.2. The minimum atomic E-state index is 0.310. The molecule has 1 aliphatic heterocycles. The summed E-state index contributed by atoms with van der Waals surface area (Å²) in [6.45, 7) is 2.93. The predicted molar refractivity (Wildman–Crippen MR) is 70.3 cm³/mol. The van der Waals surface area contributed by atoms with Gasteiger partial charge in [0, 0.05) is 18.5 Å². The number of hydrogen-bond acceptors (Lipinski definition) is 6. The van der Waals surface area contributed by atoms with Gasteiger partial charge in [0.15, 0.2) is 5.69 Å². The van der Waals surface area contributed by atoms with Gasteiger partial charge in [0.2, 0.25) is 0 Å². The number of nitriles is 1. The maximum Gasteiger partial charge on any atom is 0.188 e. The van der Waals surface area contributed by atoms with Crippen LogP contribution in [0.25, 0.3) is 10.9 Å². The largest absolute Gasteiger partial charge is 0.379 e. The Labute approximate surface area is 110 Å². The van der Waals surface area contributed by atoms with E-state index >= 15 is 0 Å². The quantitative estimate of drug-likeness (QED) is 0.868. The van der Waals surface area contributed by atoms with Gasteiger partial charge in [-0.05, 0) is 6.07 Å². The van der Waals surface area contributed by atoms with Gasteiger partial charge in [-0.3, -0.25) is 0 Å². The number of aromatic nitrogens is 2. The monoisotopic (exact) mass is 255 g/mol. The first-order valence-electron chi connectivity index (χ1n) is 6.13. The van der Waals surface area contributed by atoms with E-state index in [1.165, 1.54) is 0 Å². The van der Waals surface area contributed by atoms with Gasteiger partial charge in [-0.15, -0.1) is 10.2 Å². The Kier molecular flexibility index (Phi) is 3.23. The first-order valence-corrected chi connectivity index (χ1v) is 6.13. The summed E-state index contributed by atoms with van der Waals surface area (Å²) < 4.78 is 5.31. The lowest BCUT2D eigenvalue weighted by Crippen LogP contribution is -2.40. The molecular formula is C13H13N5O. The predicted octanol–water partition coefficient (Wildman–Crippen LogP) is 1.16. The zero-order chi connectivity index (χ0) is 13.1. The third-order valence-electron chi connectivity index (χ3n) is 3.05. The Bertz CT molecular complexity index is 630. The van der Waals surface area contributed by atoms with Crippen molar-refractivity contribution in [3.05, 3.63) is 30.0 Å². The third-order valence-corrected chi connectivity index (χ3v) is 3.05. The average Bonchev–Trinajstić information content (AvgIpc) is 2.49. The molecule has 6 heteroatoms. The number of hydrazine groups is 1. The Morgan fingerprint density at radius 2 is 2.00 bits per heavy atom. The second-order valence-corrected chi connectivity index (χ2v) is 4.26. The van der Waals surface area contributed by atoms with Crippen LogP contribution in [0.5, 0.6) is 0 Å². The number of fused-ring (bicyclic) bond motifs is 1. The highest BCUT2D eigenvalue weighted by molar-refractivity contribution is 5.92. The summed E-state index contributed by atoms with van der Waals surface area (Å²) in [5.74, 6) is 0. The molecule has 0 spiro atoms. The van der Waals surface area contributed by atoms with Gasteiger partial charge in [-0.1, -0.05) is 18.2 Å². The highest BCUT2D eigenvalue weighted by Gasteiger charge is 2.15. The van der Waals surface area contributed by atoms with Gasteiger partial charge in [0.25, 0.3) is 0 Å². The Morgan fingerprint density at radius 1 is 1.21 bits per heavy atom. The van der Waals surface area contributed by atoms with E-state index in [4.69, 9.17) is 4.74 Å². The molecule has 1 aliphatic rings. The fraction of sp³-hybridized carbons (Fsp3) is 0.308. The standard InChI is InChI=1S/C13H13N5O/c14-9-12-13(17-18-5-7-19-8-6-18)10-3-1-2-4-11(10)15-16-12/h1-4H,5-8H2,(H,15,17). The number of ether oxygens (including phenoxy) is 1. The van der Waals surface area contributed by atoms with Crippen molar-refractivity contribution in [3.8, 4) is 6.07 Å². The van der Waals surface area contributed by atoms with Crippen LogP contribution in [-0.4, -0.2) is 41.5 Å². The van der Waals surface area contributed by atoms with Crippen molar-refractivity contribution in [2.75, 3.05) is 31.7 Å². The molecule has 19 heavy (non-hydrogen) atoms. The van der Waals surface area contributed by atoms with E-state index in [2.05, 4.69) is 21.7 Å². The molecule has 1 N–H and O–H groups in total. The molecule has 0 atom stereocenters. The summed E-state index contributed by atoms with van der Waals surface area (Å²) in [4.78, 5) is 0. The zero-order valence-corrected chi connectivity index (χ0v) is 10.3. The number of rotatable bonds is 2. The second kappa shape index (κ2) is 5.18. The molecule has 0 aliphatic carbocycles. The van der Waals surface area contributed by atoms with E-state index < -0.39 is 0 Å². The molecule has 1 aromatic heterocycles. The molecule has 96 valence electrons. The molecule has 2 aromatic rings. The van der Waals surface area contributed by atoms with Crippen molar-refractivity contribution in [1.29, 1.82) is 5.26 Å². The summed E-state index contributed by atoms with van der Waals surface area (Å²) in [6.07, 6.45) is 0. The molecule has 6 nitrogen and oxygen atoms in total. The third kappa shape index (κ3) is 2.34. The van der Waals surface area contributed by atoms with E-state index in [9.17, 15) is 5.26 Å². The molecule has 2 heterocycles. The number of hydrogen-bond donors (Lipinski definition) is 1. The van der Waals surface area contributed by atoms with Crippen LogP contribution in [0.1, 0.15) is 5.69 Å². The Hall–Kier alpha value is -2.23. The van der Waals surface area contributed by atoms with Crippen LogP contribution >= 0.6 is 0 Å². The van der Waals surface area contributed by atoms with Crippen LogP contribution in [0.2, 0.25) is 0 Å². The lowest BCUT2D eigenvalue weighted by molar-refractivity contribution is 0.0497. The van der Waals surface area contributed by atoms with Crippen LogP contribution in [0.15, 0.2) is 24.3 Å². The van der Waals surface area contributed by atoms with E-state index in [0.29, 0.717) is 18.9 Å². The molecule has 1 fully saturated rings. The van der Waals surface area contributed by atoms with Gasteiger partial charge in [-0.2, -0.15) is 5.26 Å². The maximum absolute atomic E-state index is 9.17. The van der Waals surface area contributed by atoms with E-state index in [1.807, 2.05) is 29.3 Å². The highest BCUT2D eigenvalue weighted by atomic mass is 16.5. The number of anilines is 1. The van der Waals surface area contributed by atoms with Crippen molar-refractivity contribution < 1.29 is 4.74 Å². The number of nitrogens with zero attached hydrogens (tertiary/aromatic N) is 4. The van der Waals surface area contributed by atoms with Crippen molar-refractivity contribution in [3.63, 3.8) is 0 Å². The van der Waals surface area contributed by atoms with Gasteiger partial charge < -0.3 is 10.2 Å². The molecular weight excluding hydrogens is 242 g/mol. The Balaban J connectivity index is 2.02. The maximum atomic E-state index is 9.17. The van der Waals surface area contributed by atoms with Gasteiger partial charge in [0.1, 0.15) is 6.07 Å². The van der Waals surface area contributed by atoms with E-state index in [1.54, 1.807) is 0 Å². The zero-order valence-electron chi connectivity index (χ0n) is 10.3.